The summed E-state index contributed by atoms with van der Waals surface area (Å²) in [7, 11) is 0. The van der Waals surface area contributed by atoms with Crippen LogP contribution in [0.15, 0.2) is 36.5 Å². The first-order valence-corrected chi connectivity index (χ1v) is 9.81. The lowest BCUT2D eigenvalue weighted by Crippen LogP contribution is -2.29. The van der Waals surface area contributed by atoms with Crippen LogP contribution in [0.3, 0.4) is 0 Å². The number of carboxylic acids is 1. The number of aliphatic carboxylic acids is 1. The molecular formula is C22H21FN4O2. The standard InChI is InChI=1S/C22H21FN4O2/c1-11(2)20-18(12-7-13(8-12)22(28)29)19-17(9-14-10-24-26-21(14)25-19)27(20)16-5-3-15(23)4-6-16/h3-6,9-13H,7-8H2,1-2H3,(H,28,29)(H,24,25,26)/t12-,13-. The molecular weight excluding hydrogens is 371 g/mol. The van der Waals surface area contributed by atoms with E-state index in [9.17, 15) is 14.3 Å². The lowest BCUT2D eigenvalue weighted by molar-refractivity contribution is -0.145. The Morgan fingerprint density at radius 1 is 1.28 bits per heavy atom. The minimum absolute atomic E-state index is 0.144. The predicted octanol–water partition coefficient (Wildman–Crippen LogP) is 4.74. The zero-order valence-electron chi connectivity index (χ0n) is 16.2. The Hall–Kier alpha value is -3.22. The summed E-state index contributed by atoms with van der Waals surface area (Å²) in [6.45, 7) is 4.25. The number of rotatable bonds is 4. The average molecular weight is 392 g/mol. The van der Waals surface area contributed by atoms with Crippen molar-refractivity contribution in [3.05, 3.63) is 53.6 Å². The molecule has 2 N–H and O–H groups in total. The maximum atomic E-state index is 13.6. The van der Waals surface area contributed by atoms with Crippen molar-refractivity contribution in [2.45, 2.75) is 38.5 Å². The number of nitrogens with zero attached hydrogens (tertiary/aromatic N) is 3. The van der Waals surface area contributed by atoms with Crippen molar-refractivity contribution in [2.24, 2.45) is 5.92 Å². The highest BCUT2D eigenvalue weighted by Crippen LogP contribution is 2.48. The van der Waals surface area contributed by atoms with Crippen LogP contribution in [0.25, 0.3) is 27.8 Å². The molecule has 148 valence electrons. The quantitative estimate of drug-likeness (QED) is 0.525. The van der Waals surface area contributed by atoms with Gasteiger partial charge in [-0.2, -0.15) is 5.10 Å². The third-order valence-corrected chi connectivity index (χ3v) is 5.95. The van der Waals surface area contributed by atoms with Crippen molar-refractivity contribution in [2.75, 3.05) is 0 Å². The molecule has 1 aliphatic carbocycles. The zero-order valence-corrected chi connectivity index (χ0v) is 16.2. The molecule has 0 bridgehead atoms. The van der Waals surface area contributed by atoms with Gasteiger partial charge in [-0.1, -0.05) is 13.8 Å². The highest BCUT2D eigenvalue weighted by Gasteiger charge is 2.39. The van der Waals surface area contributed by atoms with Crippen LogP contribution in [0.5, 0.6) is 0 Å². The summed E-state index contributed by atoms with van der Waals surface area (Å²) in [5.74, 6) is -0.996. The molecule has 0 unspecified atom stereocenters. The van der Waals surface area contributed by atoms with Gasteiger partial charge in [-0.05, 0) is 55.0 Å². The van der Waals surface area contributed by atoms with E-state index in [2.05, 4.69) is 28.6 Å². The van der Waals surface area contributed by atoms with Crippen LogP contribution in [-0.2, 0) is 4.79 Å². The molecule has 0 spiro atoms. The smallest absolute Gasteiger partial charge is 0.306 e. The number of pyridine rings is 1. The number of aromatic amines is 1. The number of H-pyrrole nitrogens is 1. The molecule has 7 heteroatoms. The second-order valence-corrected chi connectivity index (χ2v) is 8.13. The highest BCUT2D eigenvalue weighted by atomic mass is 19.1. The van der Waals surface area contributed by atoms with Gasteiger partial charge in [0, 0.05) is 22.3 Å². The third kappa shape index (κ3) is 2.72. The van der Waals surface area contributed by atoms with Gasteiger partial charge in [0.05, 0.1) is 23.1 Å². The number of hydrogen-bond donors (Lipinski definition) is 2. The van der Waals surface area contributed by atoms with Crippen molar-refractivity contribution in [3.8, 4) is 5.69 Å². The first-order chi connectivity index (χ1) is 13.9. The summed E-state index contributed by atoms with van der Waals surface area (Å²) in [6, 6.07) is 8.50. The van der Waals surface area contributed by atoms with E-state index in [1.165, 1.54) is 12.1 Å². The molecule has 1 aromatic carbocycles. The Labute approximate surface area is 166 Å². The van der Waals surface area contributed by atoms with Crippen LogP contribution >= 0.6 is 0 Å². The Balaban J connectivity index is 1.81. The van der Waals surface area contributed by atoms with Crippen molar-refractivity contribution in [3.63, 3.8) is 0 Å². The fourth-order valence-electron chi connectivity index (χ4n) is 4.50. The number of carboxylic acid groups (broad SMARTS) is 1. The number of benzene rings is 1. The third-order valence-electron chi connectivity index (χ3n) is 5.95. The number of halogens is 1. The van der Waals surface area contributed by atoms with Gasteiger partial charge in [0.25, 0.3) is 0 Å². The van der Waals surface area contributed by atoms with E-state index in [0.29, 0.717) is 18.5 Å². The highest BCUT2D eigenvalue weighted by molar-refractivity contribution is 5.94. The molecule has 6 nitrogen and oxygen atoms in total. The Morgan fingerprint density at radius 2 is 2.00 bits per heavy atom. The van der Waals surface area contributed by atoms with Gasteiger partial charge < -0.3 is 9.67 Å². The number of aromatic nitrogens is 4. The van der Waals surface area contributed by atoms with E-state index in [-0.39, 0.29) is 23.6 Å². The van der Waals surface area contributed by atoms with E-state index in [1.807, 2.05) is 6.07 Å². The summed E-state index contributed by atoms with van der Waals surface area (Å²) in [5.41, 5.74) is 5.58. The summed E-state index contributed by atoms with van der Waals surface area (Å²) < 4.78 is 15.7. The maximum absolute atomic E-state index is 13.6. The average Bonchev–Trinajstić information content (AvgIpc) is 3.21. The molecule has 1 aliphatic rings. The maximum Gasteiger partial charge on any atom is 0.306 e. The fourth-order valence-corrected chi connectivity index (χ4v) is 4.50. The molecule has 29 heavy (non-hydrogen) atoms. The summed E-state index contributed by atoms with van der Waals surface area (Å²) in [6.07, 6.45) is 2.96. The summed E-state index contributed by atoms with van der Waals surface area (Å²) in [5, 5.41) is 17.3. The van der Waals surface area contributed by atoms with Gasteiger partial charge in [-0.25, -0.2) is 9.37 Å². The van der Waals surface area contributed by atoms with Gasteiger partial charge in [0.15, 0.2) is 5.65 Å². The van der Waals surface area contributed by atoms with E-state index in [1.54, 1.807) is 18.3 Å². The van der Waals surface area contributed by atoms with Crippen molar-refractivity contribution in [1.29, 1.82) is 0 Å². The van der Waals surface area contributed by atoms with Crippen LogP contribution < -0.4 is 0 Å². The summed E-state index contributed by atoms with van der Waals surface area (Å²) >= 11 is 0. The molecule has 3 aromatic heterocycles. The number of hydrogen-bond acceptors (Lipinski definition) is 3. The fraction of sp³-hybridized carbons (Fsp3) is 0.318. The first kappa shape index (κ1) is 17.8. The minimum atomic E-state index is -0.737. The second-order valence-electron chi connectivity index (χ2n) is 8.13. The van der Waals surface area contributed by atoms with Crippen molar-refractivity contribution >= 4 is 28.0 Å². The van der Waals surface area contributed by atoms with Crippen LogP contribution in [0.2, 0.25) is 0 Å². The Bertz CT molecular complexity index is 1230. The van der Waals surface area contributed by atoms with E-state index in [4.69, 9.17) is 4.98 Å². The Morgan fingerprint density at radius 3 is 2.66 bits per heavy atom. The molecule has 5 rings (SSSR count). The molecule has 0 atom stereocenters. The molecule has 1 saturated carbocycles. The number of fused-ring (bicyclic) bond motifs is 2. The van der Waals surface area contributed by atoms with E-state index >= 15 is 0 Å². The predicted molar refractivity (Wildman–Crippen MR) is 108 cm³/mol. The molecule has 4 aromatic rings. The Kier molecular flexibility index (Phi) is 3.94. The molecule has 3 heterocycles. The lowest BCUT2D eigenvalue weighted by atomic mass is 9.70. The SMILES string of the molecule is CC(C)c1c([C@H]2C[C@H](C(=O)O)C2)c2nc3[nH]ncc3cc2n1-c1ccc(F)cc1. The molecule has 0 saturated heterocycles. The van der Waals surface area contributed by atoms with Crippen molar-refractivity contribution < 1.29 is 14.3 Å². The molecule has 0 radical (unpaired) electrons. The zero-order chi connectivity index (χ0) is 20.3. The van der Waals surface area contributed by atoms with E-state index in [0.717, 1.165) is 33.4 Å². The first-order valence-electron chi connectivity index (χ1n) is 9.81. The minimum Gasteiger partial charge on any atom is -0.481 e. The molecule has 0 amide bonds. The monoisotopic (exact) mass is 392 g/mol. The van der Waals surface area contributed by atoms with Gasteiger partial charge >= 0.3 is 5.97 Å². The van der Waals surface area contributed by atoms with Gasteiger partial charge in [0.1, 0.15) is 5.82 Å². The largest absolute Gasteiger partial charge is 0.481 e. The summed E-state index contributed by atoms with van der Waals surface area (Å²) in [4.78, 5) is 16.2. The van der Waals surface area contributed by atoms with Gasteiger partial charge in [0.2, 0.25) is 0 Å². The number of carbonyl (C=O) groups is 1. The van der Waals surface area contributed by atoms with Crippen LogP contribution in [0.4, 0.5) is 4.39 Å². The topological polar surface area (TPSA) is 83.8 Å². The van der Waals surface area contributed by atoms with Crippen LogP contribution in [0, 0.1) is 11.7 Å². The lowest BCUT2D eigenvalue weighted by Gasteiger charge is -2.33. The number of nitrogens with one attached hydrogen (secondary N) is 1. The molecule has 1 fully saturated rings. The van der Waals surface area contributed by atoms with Crippen molar-refractivity contribution in [1.82, 2.24) is 19.7 Å². The van der Waals surface area contributed by atoms with Gasteiger partial charge in [-0.15, -0.1) is 0 Å². The normalized spacial score (nSPS) is 19.2. The molecule has 0 aliphatic heterocycles. The van der Waals surface area contributed by atoms with Crippen LogP contribution in [-0.4, -0.2) is 30.8 Å². The van der Waals surface area contributed by atoms with Gasteiger partial charge in [-0.3, -0.25) is 9.89 Å². The second kappa shape index (κ2) is 6.40. The van der Waals surface area contributed by atoms with Crippen LogP contribution in [0.1, 0.15) is 49.8 Å². The van der Waals surface area contributed by atoms with E-state index < -0.39 is 5.97 Å².